The van der Waals surface area contributed by atoms with E-state index in [0.29, 0.717) is 11.3 Å². The van der Waals surface area contributed by atoms with E-state index in [2.05, 4.69) is 27.8 Å². The zero-order valence-corrected chi connectivity index (χ0v) is 15.7. The van der Waals surface area contributed by atoms with Gasteiger partial charge in [-0.15, -0.1) is 0 Å². The van der Waals surface area contributed by atoms with Crippen molar-refractivity contribution in [2.75, 3.05) is 7.11 Å². The molecule has 2 nitrogen and oxygen atoms in total. The monoisotopic (exact) mass is 424 g/mol. The highest BCUT2D eigenvalue weighted by Gasteiger charge is 2.43. The summed E-state index contributed by atoms with van der Waals surface area (Å²) in [6.07, 6.45) is -5.84. The van der Waals surface area contributed by atoms with E-state index in [-0.39, 0.29) is 5.56 Å². The standard InChI is InChI=1S/C20H16BrF3O2/c1-19(13-20(22,23)24,18(25)15-5-7-16(21)8-6-15)12-11-14-3-9-17(26-2)10-4-14/h3-10H,13H2,1-2H3. The normalized spacial score (nSPS) is 13.3. The van der Waals surface area contributed by atoms with E-state index in [1.807, 2.05) is 0 Å². The highest BCUT2D eigenvalue weighted by atomic mass is 79.9. The molecule has 2 aromatic carbocycles. The molecular weight excluding hydrogens is 409 g/mol. The first-order valence-electron chi connectivity index (χ1n) is 7.67. The van der Waals surface area contributed by atoms with Crippen LogP contribution in [0.4, 0.5) is 13.2 Å². The van der Waals surface area contributed by atoms with Crippen molar-refractivity contribution in [1.82, 2.24) is 0 Å². The second kappa shape index (κ2) is 7.96. The molecule has 0 spiro atoms. The van der Waals surface area contributed by atoms with Gasteiger partial charge in [0.1, 0.15) is 11.2 Å². The van der Waals surface area contributed by atoms with Crippen LogP contribution in [0.2, 0.25) is 0 Å². The SMILES string of the molecule is COc1ccc(C#CC(C)(CC(F)(F)F)C(=O)c2ccc(Br)cc2)cc1. The molecule has 0 aromatic heterocycles. The van der Waals surface area contributed by atoms with E-state index in [1.54, 1.807) is 36.4 Å². The van der Waals surface area contributed by atoms with Gasteiger partial charge in [-0.2, -0.15) is 13.2 Å². The van der Waals surface area contributed by atoms with Gasteiger partial charge in [0.25, 0.3) is 0 Å². The lowest BCUT2D eigenvalue weighted by molar-refractivity contribution is -0.145. The van der Waals surface area contributed by atoms with Crippen molar-refractivity contribution >= 4 is 21.7 Å². The molecule has 6 heteroatoms. The summed E-state index contributed by atoms with van der Waals surface area (Å²) >= 11 is 3.24. The summed E-state index contributed by atoms with van der Waals surface area (Å²) in [6, 6.07) is 12.7. The Balaban J connectivity index is 2.40. The van der Waals surface area contributed by atoms with Gasteiger partial charge in [0.2, 0.25) is 0 Å². The number of rotatable bonds is 4. The molecule has 0 bridgehead atoms. The molecule has 0 saturated carbocycles. The molecule has 0 fully saturated rings. The number of carbonyl (C=O) groups excluding carboxylic acids is 1. The van der Waals surface area contributed by atoms with E-state index in [0.717, 1.165) is 4.47 Å². The molecule has 1 unspecified atom stereocenters. The van der Waals surface area contributed by atoms with Crippen LogP contribution in [-0.4, -0.2) is 19.1 Å². The highest BCUT2D eigenvalue weighted by molar-refractivity contribution is 9.10. The molecule has 2 rings (SSSR count). The fraction of sp³-hybridized carbons (Fsp3) is 0.250. The predicted molar refractivity (Wildman–Crippen MR) is 97.1 cm³/mol. The van der Waals surface area contributed by atoms with Gasteiger partial charge in [0, 0.05) is 15.6 Å². The molecule has 136 valence electrons. The number of halogens is 4. The fourth-order valence-electron chi connectivity index (χ4n) is 2.39. The zero-order chi connectivity index (χ0) is 19.4. The summed E-state index contributed by atoms with van der Waals surface area (Å²) in [5.41, 5.74) is -1.20. The first-order valence-corrected chi connectivity index (χ1v) is 8.47. The number of hydrogen-bond donors (Lipinski definition) is 0. The first kappa shape index (κ1) is 20.1. The maximum absolute atomic E-state index is 13.1. The van der Waals surface area contributed by atoms with Gasteiger partial charge >= 0.3 is 6.18 Å². The molecule has 0 aliphatic carbocycles. The summed E-state index contributed by atoms with van der Waals surface area (Å²) in [5.74, 6) is 5.18. The van der Waals surface area contributed by atoms with E-state index in [4.69, 9.17) is 4.74 Å². The molecule has 0 radical (unpaired) electrons. The Morgan fingerprint density at radius 2 is 1.65 bits per heavy atom. The number of ketones is 1. The van der Waals surface area contributed by atoms with Crippen LogP contribution in [0.5, 0.6) is 5.75 Å². The largest absolute Gasteiger partial charge is 0.497 e. The van der Waals surface area contributed by atoms with E-state index in [1.165, 1.54) is 26.2 Å². The quantitative estimate of drug-likeness (QED) is 0.468. The van der Waals surface area contributed by atoms with Crippen LogP contribution in [0.25, 0.3) is 0 Å². The van der Waals surface area contributed by atoms with Crippen LogP contribution in [0.15, 0.2) is 53.0 Å². The number of carbonyl (C=O) groups is 1. The van der Waals surface area contributed by atoms with E-state index in [9.17, 15) is 18.0 Å². The summed E-state index contributed by atoms with van der Waals surface area (Å²) in [6.45, 7) is 1.22. The summed E-state index contributed by atoms with van der Waals surface area (Å²) < 4.78 is 45.0. The Morgan fingerprint density at radius 3 is 2.15 bits per heavy atom. The molecule has 0 N–H and O–H groups in total. The van der Waals surface area contributed by atoms with Gasteiger partial charge in [-0.1, -0.05) is 39.9 Å². The third-order valence-corrected chi connectivity index (χ3v) is 4.26. The lowest BCUT2D eigenvalue weighted by atomic mass is 9.79. The fourth-order valence-corrected chi connectivity index (χ4v) is 2.65. The van der Waals surface area contributed by atoms with Crippen molar-refractivity contribution in [2.24, 2.45) is 5.41 Å². The minimum absolute atomic E-state index is 0.184. The molecule has 1 atom stereocenters. The summed E-state index contributed by atoms with van der Waals surface area (Å²) in [7, 11) is 1.51. The third kappa shape index (κ3) is 5.37. The molecular formula is C20H16BrF3O2. The van der Waals surface area contributed by atoms with Gasteiger partial charge in [-0.3, -0.25) is 4.79 Å². The van der Waals surface area contributed by atoms with Crippen molar-refractivity contribution in [2.45, 2.75) is 19.5 Å². The third-order valence-electron chi connectivity index (χ3n) is 3.73. The summed E-state index contributed by atoms with van der Waals surface area (Å²) in [4.78, 5) is 12.7. The van der Waals surface area contributed by atoms with Crippen molar-refractivity contribution in [3.8, 4) is 17.6 Å². The zero-order valence-electron chi connectivity index (χ0n) is 14.2. The number of benzene rings is 2. The lowest BCUT2D eigenvalue weighted by Gasteiger charge is -2.23. The Morgan fingerprint density at radius 1 is 1.08 bits per heavy atom. The summed E-state index contributed by atoms with van der Waals surface area (Å²) in [5, 5.41) is 0. The molecule has 2 aromatic rings. The van der Waals surface area contributed by atoms with Crippen molar-refractivity contribution in [1.29, 1.82) is 0 Å². The second-order valence-electron chi connectivity index (χ2n) is 5.94. The van der Waals surface area contributed by atoms with Crippen LogP contribution in [-0.2, 0) is 0 Å². The number of hydrogen-bond acceptors (Lipinski definition) is 2. The van der Waals surface area contributed by atoms with Crippen molar-refractivity contribution in [3.05, 3.63) is 64.1 Å². The number of alkyl halides is 3. The Labute approximate surface area is 158 Å². The van der Waals surface area contributed by atoms with Crippen LogP contribution in [0, 0.1) is 17.3 Å². The van der Waals surface area contributed by atoms with Crippen molar-refractivity contribution < 1.29 is 22.7 Å². The molecule has 0 aliphatic heterocycles. The van der Waals surface area contributed by atoms with E-state index < -0.39 is 23.8 Å². The molecule has 26 heavy (non-hydrogen) atoms. The second-order valence-corrected chi connectivity index (χ2v) is 6.85. The lowest BCUT2D eigenvalue weighted by Crippen LogP contribution is -2.32. The van der Waals surface area contributed by atoms with Crippen LogP contribution >= 0.6 is 15.9 Å². The van der Waals surface area contributed by atoms with Gasteiger partial charge < -0.3 is 4.74 Å². The van der Waals surface area contributed by atoms with E-state index >= 15 is 0 Å². The van der Waals surface area contributed by atoms with Gasteiger partial charge in [0.15, 0.2) is 5.78 Å². The topological polar surface area (TPSA) is 26.3 Å². The Kier molecular flexibility index (Phi) is 6.14. The van der Waals surface area contributed by atoms with Crippen molar-refractivity contribution in [3.63, 3.8) is 0 Å². The average Bonchev–Trinajstić information content (AvgIpc) is 2.59. The highest BCUT2D eigenvalue weighted by Crippen LogP contribution is 2.36. The maximum Gasteiger partial charge on any atom is 0.391 e. The van der Waals surface area contributed by atoms with Crippen LogP contribution < -0.4 is 4.74 Å². The van der Waals surface area contributed by atoms with Gasteiger partial charge in [-0.05, 0) is 43.3 Å². The number of Topliss-reactive ketones (excluding diaryl/α,β-unsaturated/α-hetero) is 1. The number of methoxy groups -OCH3 is 1. The molecule has 0 saturated heterocycles. The average molecular weight is 425 g/mol. The molecule has 0 aliphatic rings. The van der Waals surface area contributed by atoms with Crippen LogP contribution in [0.1, 0.15) is 29.3 Å². The van der Waals surface area contributed by atoms with Crippen LogP contribution in [0.3, 0.4) is 0 Å². The predicted octanol–water partition coefficient (Wildman–Crippen LogP) is 5.65. The Hall–Kier alpha value is -2.26. The Bertz CT molecular complexity index is 831. The first-order chi connectivity index (χ1) is 12.1. The van der Waals surface area contributed by atoms with Gasteiger partial charge in [0.05, 0.1) is 13.5 Å². The molecule has 0 amide bonds. The van der Waals surface area contributed by atoms with Gasteiger partial charge in [-0.25, -0.2) is 0 Å². The minimum atomic E-state index is -4.52. The number of ether oxygens (including phenoxy) is 1. The smallest absolute Gasteiger partial charge is 0.391 e. The maximum atomic E-state index is 13.1. The minimum Gasteiger partial charge on any atom is -0.497 e. The molecule has 0 heterocycles.